The third-order valence-electron chi connectivity index (χ3n) is 5.85. The van der Waals surface area contributed by atoms with Crippen molar-refractivity contribution >= 4 is 36.8 Å². The summed E-state index contributed by atoms with van der Waals surface area (Å²) < 4.78 is 27.4. The van der Waals surface area contributed by atoms with Crippen LogP contribution in [0.1, 0.15) is 45.6 Å². The minimum absolute atomic E-state index is 0. The molecule has 36 heavy (non-hydrogen) atoms. The van der Waals surface area contributed by atoms with Crippen molar-refractivity contribution < 1.29 is 33.3 Å². The van der Waals surface area contributed by atoms with E-state index in [1.165, 1.54) is 0 Å². The van der Waals surface area contributed by atoms with Crippen molar-refractivity contribution in [1.82, 2.24) is 9.80 Å². The van der Waals surface area contributed by atoms with Crippen molar-refractivity contribution in [2.75, 3.05) is 60.2 Å². The molecule has 1 aromatic carbocycles. The predicted octanol–water partition coefficient (Wildman–Crippen LogP) is 3.73. The van der Waals surface area contributed by atoms with Gasteiger partial charge in [-0.05, 0) is 32.8 Å². The zero-order valence-electron chi connectivity index (χ0n) is 22.1. The summed E-state index contributed by atoms with van der Waals surface area (Å²) in [5.41, 5.74) is 0.986. The predicted molar refractivity (Wildman–Crippen MR) is 143 cm³/mol. The smallest absolute Gasteiger partial charge is 0.323 e. The second-order valence-corrected chi connectivity index (χ2v) is 8.03. The minimum atomic E-state index is -0.227. The number of piperazine rings is 1. The van der Waals surface area contributed by atoms with Gasteiger partial charge in [0.15, 0.2) is 11.5 Å². The number of hydrogen-bond acceptors (Lipinski definition) is 9. The maximum Gasteiger partial charge on any atom is 0.323 e. The zero-order valence-corrected chi connectivity index (χ0v) is 23.7. The minimum Gasteiger partial charge on any atom is -0.493 e. The Kier molecular flexibility index (Phi) is 17.3. The fourth-order valence-corrected chi connectivity index (χ4v) is 4.13. The summed E-state index contributed by atoms with van der Waals surface area (Å²) >= 11 is 0. The Morgan fingerprint density at radius 2 is 1.58 bits per heavy atom. The van der Waals surface area contributed by atoms with Crippen LogP contribution in [-0.2, 0) is 25.6 Å². The van der Waals surface area contributed by atoms with Crippen molar-refractivity contribution in [1.29, 1.82) is 0 Å². The van der Waals surface area contributed by atoms with Gasteiger partial charge < -0.3 is 23.7 Å². The molecule has 0 aromatic heterocycles. The first-order chi connectivity index (χ1) is 16.5. The standard InChI is InChI=1S/C25H40N2O7.2ClH/c1-6-20(25(29)33-8-3)27-15-13-26(14-16-27)18-19-11-12-21(30-4)24(31-5)23(19)34-17-9-10-22(28)32-7-2;;/h11-12,20H,6-10,13-18H2,1-5H3;2*1H. The first-order valence-electron chi connectivity index (χ1n) is 12.1. The van der Waals surface area contributed by atoms with Crippen LogP contribution < -0.4 is 14.2 Å². The number of carbonyl (C=O) groups excluding carboxylic acids is 2. The van der Waals surface area contributed by atoms with E-state index in [0.29, 0.717) is 56.5 Å². The molecule has 1 fully saturated rings. The molecule has 0 bridgehead atoms. The van der Waals surface area contributed by atoms with Gasteiger partial charge >= 0.3 is 11.9 Å². The highest BCUT2D eigenvalue weighted by molar-refractivity contribution is 5.85. The van der Waals surface area contributed by atoms with Crippen molar-refractivity contribution in [3.8, 4) is 17.2 Å². The lowest BCUT2D eigenvalue weighted by molar-refractivity contribution is -0.150. The van der Waals surface area contributed by atoms with Crippen LogP contribution in [0.15, 0.2) is 12.1 Å². The molecule has 9 nitrogen and oxygen atoms in total. The lowest BCUT2D eigenvalue weighted by Crippen LogP contribution is -2.52. The average molecular weight is 554 g/mol. The first-order valence-corrected chi connectivity index (χ1v) is 12.1. The third-order valence-corrected chi connectivity index (χ3v) is 5.85. The Morgan fingerprint density at radius 1 is 0.917 bits per heavy atom. The van der Waals surface area contributed by atoms with Crippen LogP contribution in [0, 0.1) is 0 Å². The quantitative estimate of drug-likeness (QED) is 0.253. The third kappa shape index (κ3) is 9.84. The fraction of sp³-hybridized carbons (Fsp3) is 0.680. The van der Waals surface area contributed by atoms with Crippen molar-refractivity contribution in [2.24, 2.45) is 0 Å². The summed E-state index contributed by atoms with van der Waals surface area (Å²) in [6.07, 6.45) is 1.58. The van der Waals surface area contributed by atoms with E-state index in [2.05, 4.69) is 9.80 Å². The highest BCUT2D eigenvalue weighted by Gasteiger charge is 2.29. The molecule has 2 rings (SSSR count). The lowest BCUT2D eigenvalue weighted by Gasteiger charge is -2.38. The molecule has 0 N–H and O–H groups in total. The van der Waals surface area contributed by atoms with Gasteiger partial charge in [0.2, 0.25) is 5.75 Å². The molecule has 1 atom stereocenters. The fourth-order valence-electron chi connectivity index (χ4n) is 4.13. The van der Waals surface area contributed by atoms with Gasteiger partial charge in [-0.15, -0.1) is 24.8 Å². The highest BCUT2D eigenvalue weighted by Crippen LogP contribution is 2.40. The molecule has 0 amide bonds. The maximum atomic E-state index is 12.3. The number of carbonyl (C=O) groups is 2. The van der Waals surface area contributed by atoms with Crippen LogP contribution in [0.25, 0.3) is 0 Å². The monoisotopic (exact) mass is 552 g/mol. The van der Waals surface area contributed by atoms with Crippen LogP contribution in [0.4, 0.5) is 0 Å². The molecule has 1 unspecified atom stereocenters. The SMILES string of the molecule is CCOC(=O)CCCOc1c(CN2CCN(C(CC)C(=O)OCC)CC2)ccc(OC)c1OC.Cl.Cl. The summed E-state index contributed by atoms with van der Waals surface area (Å²) in [4.78, 5) is 28.4. The number of methoxy groups -OCH3 is 2. The van der Waals surface area contributed by atoms with E-state index in [4.69, 9.17) is 23.7 Å². The molecule has 1 heterocycles. The van der Waals surface area contributed by atoms with Crippen LogP contribution in [-0.4, -0.2) is 88.0 Å². The van der Waals surface area contributed by atoms with Gasteiger partial charge in [-0.3, -0.25) is 19.4 Å². The average Bonchev–Trinajstić information content (AvgIpc) is 2.84. The van der Waals surface area contributed by atoms with E-state index in [1.54, 1.807) is 21.1 Å². The van der Waals surface area contributed by atoms with Crippen molar-refractivity contribution in [3.05, 3.63) is 17.7 Å². The summed E-state index contributed by atoms with van der Waals surface area (Å²) in [6.45, 7) is 10.7. The molecule has 208 valence electrons. The van der Waals surface area contributed by atoms with Crippen LogP contribution in [0.3, 0.4) is 0 Å². The molecule has 0 aliphatic carbocycles. The summed E-state index contributed by atoms with van der Waals surface area (Å²) in [6, 6.07) is 3.67. The Labute approximate surface area is 227 Å². The molecule has 1 aliphatic heterocycles. The van der Waals surface area contributed by atoms with Crippen molar-refractivity contribution in [2.45, 2.75) is 52.6 Å². The highest BCUT2D eigenvalue weighted by atomic mass is 35.5. The summed E-state index contributed by atoms with van der Waals surface area (Å²) in [7, 11) is 3.18. The van der Waals surface area contributed by atoms with Crippen LogP contribution in [0.5, 0.6) is 17.2 Å². The number of esters is 2. The second kappa shape index (κ2) is 18.3. The maximum absolute atomic E-state index is 12.3. The van der Waals surface area contributed by atoms with Gasteiger partial charge in [0.1, 0.15) is 6.04 Å². The van der Waals surface area contributed by atoms with E-state index in [0.717, 1.165) is 38.2 Å². The first kappa shape index (κ1) is 34.1. The number of ether oxygens (including phenoxy) is 5. The Morgan fingerprint density at radius 3 is 2.14 bits per heavy atom. The molecular weight excluding hydrogens is 511 g/mol. The topological polar surface area (TPSA) is 86.8 Å². The van der Waals surface area contributed by atoms with Gasteiger partial charge in [-0.25, -0.2) is 0 Å². The molecule has 11 heteroatoms. The normalized spacial score (nSPS) is 14.6. The van der Waals surface area contributed by atoms with Crippen LogP contribution in [0.2, 0.25) is 0 Å². The molecule has 1 aliphatic rings. The van der Waals surface area contributed by atoms with E-state index < -0.39 is 0 Å². The number of halogens is 2. The van der Waals surface area contributed by atoms with Crippen LogP contribution >= 0.6 is 24.8 Å². The molecular formula is C25H42Cl2N2O7. The molecule has 1 aromatic rings. The second-order valence-electron chi connectivity index (χ2n) is 8.03. The van der Waals surface area contributed by atoms with Gasteiger partial charge in [-0.2, -0.15) is 0 Å². The number of rotatable bonds is 14. The molecule has 0 radical (unpaired) electrons. The van der Waals surface area contributed by atoms with Gasteiger partial charge in [0.25, 0.3) is 0 Å². The Bertz CT molecular complexity index is 790. The molecule has 1 saturated heterocycles. The lowest BCUT2D eigenvalue weighted by atomic mass is 10.1. The van der Waals surface area contributed by atoms with Crippen molar-refractivity contribution in [3.63, 3.8) is 0 Å². The van der Waals surface area contributed by atoms with E-state index in [1.807, 2.05) is 26.0 Å². The zero-order chi connectivity index (χ0) is 24.9. The van der Waals surface area contributed by atoms with E-state index >= 15 is 0 Å². The van der Waals surface area contributed by atoms with E-state index in [9.17, 15) is 9.59 Å². The summed E-state index contributed by atoms with van der Waals surface area (Å²) in [5.74, 6) is 1.40. The largest absolute Gasteiger partial charge is 0.493 e. The molecule has 0 saturated carbocycles. The van der Waals surface area contributed by atoms with Gasteiger partial charge in [0, 0.05) is 44.7 Å². The summed E-state index contributed by atoms with van der Waals surface area (Å²) in [5, 5.41) is 0. The Hall–Kier alpha value is -1.94. The molecule has 0 spiro atoms. The van der Waals surface area contributed by atoms with Gasteiger partial charge in [-0.1, -0.05) is 13.0 Å². The number of hydrogen-bond donors (Lipinski definition) is 0. The van der Waals surface area contributed by atoms with Gasteiger partial charge in [0.05, 0.1) is 34.0 Å². The number of benzene rings is 1. The Balaban J connectivity index is 0.00000612. The number of nitrogens with zero attached hydrogens (tertiary/aromatic N) is 2. The van der Waals surface area contributed by atoms with E-state index in [-0.39, 0.29) is 42.8 Å².